The van der Waals surface area contributed by atoms with E-state index in [4.69, 9.17) is 14.8 Å². The second-order valence-electron chi connectivity index (χ2n) is 3.83. The van der Waals surface area contributed by atoms with Gasteiger partial charge in [-0.25, -0.2) is 4.39 Å². The van der Waals surface area contributed by atoms with Gasteiger partial charge in [0.05, 0.1) is 0 Å². The Hall–Kier alpha value is -1.85. The van der Waals surface area contributed by atoms with Crippen molar-refractivity contribution in [1.82, 2.24) is 0 Å². The Balaban J connectivity index is 2.06. The molecule has 2 aromatic carbocycles. The van der Waals surface area contributed by atoms with Crippen molar-refractivity contribution in [1.29, 1.82) is 0 Å². The first-order valence-electron chi connectivity index (χ1n) is 5.49. The van der Waals surface area contributed by atoms with Crippen LogP contribution in [0.5, 0.6) is 5.75 Å². The fourth-order valence-electron chi connectivity index (χ4n) is 1.52. The van der Waals surface area contributed by atoms with Gasteiger partial charge in [-0.05, 0) is 23.7 Å². The molecular formula is C13H12BFO3. The third-order valence-corrected chi connectivity index (χ3v) is 2.51. The smallest absolute Gasteiger partial charge is 0.488 e. The van der Waals surface area contributed by atoms with E-state index >= 15 is 0 Å². The Morgan fingerprint density at radius 2 is 1.78 bits per heavy atom. The zero-order chi connectivity index (χ0) is 13.0. The van der Waals surface area contributed by atoms with E-state index in [-0.39, 0.29) is 12.1 Å². The maximum absolute atomic E-state index is 13.6. The lowest BCUT2D eigenvalue weighted by atomic mass is 9.80. The molecule has 0 saturated heterocycles. The van der Waals surface area contributed by atoms with Crippen molar-refractivity contribution in [2.75, 3.05) is 0 Å². The van der Waals surface area contributed by atoms with E-state index in [2.05, 4.69) is 0 Å². The molecular weight excluding hydrogens is 234 g/mol. The maximum Gasteiger partial charge on any atom is 0.488 e. The van der Waals surface area contributed by atoms with Gasteiger partial charge in [0.2, 0.25) is 0 Å². The van der Waals surface area contributed by atoms with E-state index in [1.54, 1.807) is 12.1 Å². The Kier molecular flexibility index (Phi) is 3.97. The lowest BCUT2D eigenvalue weighted by Gasteiger charge is -2.08. The van der Waals surface area contributed by atoms with Gasteiger partial charge in [0.15, 0.2) is 0 Å². The van der Waals surface area contributed by atoms with Crippen LogP contribution in [0.25, 0.3) is 0 Å². The minimum Gasteiger partial charge on any atom is -0.489 e. The van der Waals surface area contributed by atoms with Crippen molar-refractivity contribution >= 4 is 12.6 Å². The summed E-state index contributed by atoms with van der Waals surface area (Å²) in [5, 5.41) is 17.8. The van der Waals surface area contributed by atoms with Crippen LogP contribution in [0.15, 0.2) is 48.5 Å². The summed E-state index contributed by atoms with van der Waals surface area (Å²) in [5.41, 5.74) is 0.485. The van der Waals surface area contributed by atoms with Gasteiger partial charge in [-0.1, -0.05) is 30.3 Å². The molecule has 0 aliphatic heterocycles. The van der Waals surface area contributed by atoms with Crippen molar-refractivity contribution < 1.29 is 19.2 Å². The Bertz CT molecular complexity index is 517. The van der Waals surface area contributed by atoms with Gasteiger partial charge < -0.3 is 14.8 Å². The molecule has 0 unspecified atom stereocenters. The first kappa shape index (κ1) is 12.6. The molecule has 5 heteroatoms. The second kappa shape index (κ2) is 5.66. The van der Waals surface area contributed by atoms with Crippen LogP contribution in [0.4, 0.5) is 4.39 Å². The van der Waals surface area contributed by atoms with Crippen LogP contribution in [0, 0.1) is 5.82 Å². The van der Waals surface area contributed by atoms with E-state index in [1.807, 2.05) is 18.2 Å². The van der Waals surface area contributed by atoms with E-state index in [1.165, 1.54) is 12.1 Å². The lowest BCUT2D eigenvalue weighted by molar-refractivity contribution is 0.300. The molecule has 0 aliphatic carbocycles. The van der Waals surface area contributed by atoms with Gasteiger partial charge in [0, 0.05) is 5.56 Å². The summed E-state index contributed by atoms with van der Waals surface area (Å²) in [4.78, 5) is 0. The minimum absolute atomic E-state index is 0.0949. The number of para-hydroxylation sites is 1. The molecule has 0 aromatic heterocycles. The predicted molar refractivity (Wildman–Crippen MR) is 67.0 cm³/mol. The Morgan fingerprint density at radius 3 is 2.39 bits per heavy atom. The van der Waals surface area contributed by atoms with Crippen LogP contribution < -0.4 is 10.2 Å². The summed E-state index contributed by atoms with van der Waals surface area (Å²) in [5.74, 6) is 0.139. The molecule has 0 atom stereocenters. The molecule has 0 amide bonds. The number of halogens is 1. The van der Waals surface area contributed by atoms with Crippen LogP contribution in [0.1, 0.15) is 5.56 Å². The van der Waals surface area contributed by atoms with Gasteiger partial charge >= 0.3 is 7.12 Å². The maximum atomic E-state index is 13.6. The average Bonchev–Trinajstić information content (AvgIpc) is 2.38. The standard InChI is InChI=1S/C13H12BFO3/c15-13-8-11(14(16)17)7-6-10(13)9-18-12-4-2-1-3-5-12/h1-8,16-17H,9H2. The quantitative estimate of drug-likeness (QED) is 0.794. The summed E-state index contributed by atoms with van der Waals surface area (Å²) in [6, 6.07) is 13.1. The normalized spacial score (nSPS) is 10.2. The van der Waals surface area contributed by atoms with Gasteiger partial charge in [0.1, 0.15) is 18.2 Å². The predicted octanol–water partition coefficient (Wildman–Crippen LogP) is 1.08. The van der Waals surface area contributed by atoms with E-state index in [9.17, 15) is 4.39 Å². The van der Waals surface area contributed by atoms with E-state index < -0.39 is 12.9 Å². The molecule has 0 radical (unpaired) electrons. The largest absolute Gasteiger partial charge is 0.489 e. The topological polar surface area (TPSA) is 49.7 Å². The highest BCUT2D eigenvalue weighted by Crippen LogP contribution is 2.13. The summed E-state index contributed by atoms with van der Waals surface area (Å²) in [6.07, 6.45) is 0. The van der Waals surface area contributed by atoms with Crippen molar-refractivity contribution in [2.24, 2.45) is 0 Å². The fourth-order valence-corrected chi connectivity index (χ4v) is 1.52. The molecule has 2 aromatic rings. The highest BCUT2D eigenvalue weighted by Gasteiger charge is 2.13. The van der Waals surface area contributed by atoms with Crippen molar-refractivity contribution in [3.63, 3.8) is 0 Å². The van der Waals surface area contributed by atoms with Crippen molar-refractivity contribution in [2.45, 2.75) is 6.61 Å². The number of benzene rings is 2. The van der Waals surface area contributed by atoms with Crippen LogP contribution >= 0.6 is 0 Å². The Morgan fingerprint density at radius 1 is 1.06 bits per heavy atom. The molecule has 2 rings (SSSR count). The molecule has 0 bridgehead atoms. The minimum atomic E-state index is -1.66. The van der Waals surface area contributed by atoms with Gasteiger partial charge in [-0.15, -0.1) is 0 Å². The molecule has 0 fully saturated rings. The van der Waals surface area contributed by atoms with E-state index in [0.29, 0.717) is 11.3 Å². The fraction of sp³-hybridized carbons (Fsp3) is 0.0769. The SMILES string of the molecule is OB(O)c1ccc(COc2ccccc2)c(F)c1. The van der Waals surface area contributed by atoms with Gasteiger partial charge in [-0.3, -0.25) is 0 Å². The third kappa shape index (κ3) is 3.09. The highest BCUT2D eigenvalue weighted by atomic mass is 19.1. The molecule has 18 heavy (non-hydrogen) atoms. The molecule has 0 aliphatic rings. The monoisotopic (exact) mass is 246 g/mol. The highest BCUT2D eigenvalue weighted by molar-refractivity contribution is 6.58. The zero-order valence-corrected chi connectivity index (χ0v) is 9.58. The van der Waals surface area contributed by atoms with Crippen LogP contribution in [-0.4, -0.2) is 17.2 Å². The number of ether oxygens (including phenoxy) is 1. The van der Waals surface area contributed by atoms with E-state index in [0.717, 1.165) is 6.07 Å². The van der Waals surface area contributed by atoms with Crippen molar-refractivity contribution in [3.05, 3.63) is 59.9 Å². The van der Waals surface area contributed by atoms with Crippen LogP contribution in [0.2, 0.25) is 0 Å². The Labute approximate surface area is 105 Å². The van der Waals surface area contributed by atoms with Gasteiger partial charge in [-0.2, -0.15) is 0 Å². The first-order chi connectivity index (χ1) is 8.66. The number of hydrogen-bond donors (Lipinski definition) is 2. The number of hydrogen-bond acceptors (Lipinski definition) is 3. The second-order valence-corrected chi connectivity index (χ2v) is 3.83. The van der Waals surface area contributed by atoms with Gasteiger partial charge in [0.25, 0.3) is 0 Å². The third-order valence-electron chi connectivity index (χ3n) is 2.51. The molecule has 0 saturated carbocycles. The molecule has 3 nitrogen and oxygen atoms in total. The average molecular weight is 246 g/mol. The summed E-state index contributed by atoms with van der Waals surface area (Å²) in [6.45, 7) is 0.0949. The summed E-state index contributed by atoms with van der Waals surface area (Å²) >= 11 is 0. The van der Waals surface area contributed by atoms with Crippen LogP contribution in [-0.2, 0) is 6.61 Å². The molecule has 0 heterocycles. The summed E-state index contributed by atoms with van der Waals surface area (Å²) in [7, 11) is -1.66. The molecule has 0 spiro atoms. The zero-order valence-electron chi connectivity index (χ0n) is 9.58. The lowest BCUT2D eigenvalue weighted by Crippen LogP contribution is -2.30. The van der Waals surface area contributed by atoms with Crippen LogP contribution in [0.3, 0.4) is 0 Å². The molecule has 92 valence electrons. The van der Waals surface area contributed by atoms with Crippen molar-refractivity contribution in [3.8, 4) is 5.75 Å². The molecule has 2 N–H and O–H groups in total. The number of rotatable bonds is 4. The first-order valence-corrected chi connectivity index (χ1v) is 5.49. The summed E-state index contributed by atoms with van der Waals surface area (Å²) < 4.78 is 19.0.